The molecule has 0 saturated carbocycles. The first-order valence-corrected chi connectivity index (χ1v) is 14.8. The fourth-order valence-electron chi connectivity index (χ4n) is 5.84. The Morgan fingerprint density at radius 2 is 1.07 bits per heavy atom. The fourth-order valence-corrected chi connectivity index (χ4v) is 5.84. The molecule has 5 nitrogen and oxygen atoms in total. The van der Waals surface area contributed by atoms with Crippen molar-refractivity contribution in [3.63, 3.8) is 0 Å². The highest BCUT2D eigenvalue weighted by molar-refractivity contribution is 6.02. The minimum absolute atomic E-state index is 0.240. The molecule has 0 amide bonds. The predicted octanol–water partition coefficient (Wildman–Crippen LogP) is 8.33. The topological polar surface area (TPSA) is 55.8 Å². The van der Waals surface area contributed by atoms with Crippen molar-refractivity contribution in [3.05, 3.63) is 63.3 Å². The first kappa shape index (κ1) is 31.4. The van der Waals surface area contributed by atoms with E-state index in [4.69, 9.17) is 9.47 Å². The molecule has 0 atom stereocenters. The van der Waals surface area contributed by atoms with Crippen molar-refractivity contribution in [1.29, 1.82) is 0 Å². The van der Waals surface area contributed by atoms with Gasteiger partial charge in [-0.2, -0.15) is 0 Å². The van der Waals surface area contributed by atoms with Crippen molar-refractivity contribution < 1.29 is 19.1 Å². The maximum Gasteiger partial charge on any atom is 0.182 e. The van der Waals surface area contributed by atoms with Gasteiger partial charge in [-0.05, 0) is 94.7 Å². The van der Waals surface area contributed by atoms with Crippen molar-refractivity contribution in [2.45, 2.75) is 91.9 Å². The molecule has 0 N–H and O–H groups in total. The average Bonchev–Trinajstić information content (AvgIpc) is 2.94. The maximum atomic E-state index is 12.7. The molecule has 2 bridgehead atoms. The zero-order valence-corrected chi connectivity index (χ0v) is 26.3. The van der Waals surface area contributed by atoms with Gasteiger partial charge in [0, 0.05) is 24.6 Å². The van der Waals surface area contributed by atoms with E-state index in [1.54, 1.807) is 14.2 Å². The number of ketones is 1. The SMILES string of the molecule is COc1cc(C(C)C)c(C=C2C(=O)C3CCN2CC3)c(C(C)C)c1.COc1cc(C(C)C)c(C=O)c(C(C)C)c1. The molecule has 5 heteroatoms. The van der Waals surface area contributed by atoms with Gasteiger partial charge in [0.2, 0.25) is 0 Å². The van der Waals surface area contributed by atoms with E-state index in [2.05, 4.69) is 78.5 Å². The number of Topliss-reactive ketones (excluding diaryl/α,β-unsaturated/α-hetero) is 1. The molecular weight excluding hydrogens is 498 g/mol. The second kappa shape index (κ2) is 13.5. The van der Waals surface area contributed by atoms with E-state index in [9.17, 15) is 9.59 Å². The van der Waals surface area contributed by atoms with Crippen molar-refractivity contribution in [3.8, 4) is 11.5 Å². The summed E-state index contributed by atoms with van der Waals surface area (Å²) in [7, 11) is 3.38. The summed E-state index contributed by atoms with van der Waals surface area (Å²) in [6.45, 7) is 19.2. The molecule has 0 radical (unpaired) electrons. The predicted molar refractivity (Wildman–Crippen MR) is 165 cm³/mol. The van der Waals surface area contributed by atoms with Gasteiger partial charge in [-0.25, -0.2) is 0 Å². The van der Waals surface area contributed by atoms with E-state index in [1.807, 2.05) is 12.1 Å². The number of carbonyl (C=O) groups is 2. The molecule has 3 saturated heterocycles. The number of hydrogen-bond acceptors (Lipinski definition) is 5. The lowest BCUT2D eigenvalue weighted by atomic mass is 9.82. The second-order valence-corrected chi connectivity index (χ2v) is 12.3. The lowest BCUT2D eigenvalue weighted by Crippen LogP contribution is -2.45. The summed E-state index contributed by atoms with van der Waals surface area (Å²) in [6.07, 6.45) is 5.17. The van der Waals surface area contributed by atoms with Gasteiger partial charge in [0.05, 0.1) is 19.9 Å². The van der Waals surface area contributed by atoms with Crippen LogP contribution in [0.1, 0.15) is 130 Å². The third-order valence-electron chi connectivity index (χ3n) is 8.25. The molecule has 0 spiro atoms. The van der Waals surface area contributed by atoms with Crippen LogP contribution in [-0.2, 0) is 4.79 Å². The highest BCUT2D eigenvalue weighted by Gasteiger charge is 2.36. The van der Waals surface area contributed by atoms with E-state index in [-0.39, 0.29) is 5.92 Å². The Hall–Kier alpha value is -3.08. The van der Waals surface area contributed by atoms with Gasteiger partial charge < -0.3 is 14.4 Å². The lowest BCUT2D eigenvalue weighted by molar-refractivity contribution is -0.125. The molecule has 5 rings (SSSR count). The van der Waals surface area contributed by atoms with Crippen LogP contribution in [0.3, 0.4) is 0 Å². The van der Waals surface area contributed by atoms with Crippen LogP contribution in [0.5, 0.6) is 11.5 Å². The summed E-state index contributed by atoms with van der Waals surface area (Å²) < 4.78 is 10.8. The largest absolute Gasteiger partial charge is 0.497 e. The van der Waals surface area contributed by atoms with Gasteiger partial charge >= 0.3 is 0 Å². The van der Waals surface area contributed by atoms with E-state index >= 15 is 0 Å². The number of piperidine rings is 3. The highest BCUT2D eigenvalue weighted by atomic mass is 16.5. The summed E-state index contributed by atoms with van der Waals surface area (Å²) in [6, 6.07) is 8.17. The number of nitrogens with zero attached hydrogens (tertiary/aromatic N) is 1. The Labute approximate surface area is 241 Å². The molecule has 218 valence electrons. The number of rotatable bonds is 8. The van der Waals surface area contributed by atoms with Crippen molar-refractivity contribution in [2.24, 2.45) is 5.92 Å². The van der Waals surface area contributed by atoms with Gasteiger partial charge in [-0.3, -0.25) is 9.59 Å². The van der Waals surface area contributed by atoms with Crippen LogP contribution in [0.15, 0.2) is 30.0 Å². The molecule has 2 aromatic rings. The van der Waals surface area contributed by atoms with E-state index in [1.165, 1.54) is 16.7 Å². The van der Waals surface area contributed by atoms with Gasteiger partial charge in [-0.1, -0.05) is 55.4 Å². The van der Waals surface area contributed by atoms with Crippen LogP contribution in [0, 0.1) is 5.92 Å². The zero-order chi connectivity index (χ0) is 29.7. The molecule has 0 aromatic heterocycles. The van der Waals surface area contributed by atoms with Crippen LogP contribution < -0.4 is 9.47 Å². The molecule has 2 aromatic carbocycles. The Bertz CT molecular complexity index is 1170. The first-order valence-electron chi connectivity index (χ1n) is 14.8. The number of benzene rings is 2. The standard InChI is InChI=1S/C21H29NO2.C14H20O2/c1-13(2)17-10-16(24-5)11-18(14(3)4)19(17)12-20-21(23)15-6-8-22(20)9-7-15;1-9(2)12-6-11(16-5)7-13(10(3)4)14(12)8-15/h10-15H,6-9H2,1-5H3;6-10H,1-5H3. The van der Waals surface area contributed by atoms with Gasteiger partial charge in [0.15, 0.2) is 12.1 Å². The maximum absolute atomic E-state index is 12.7. The third-order valence-corrected chi connectivity index (χ3v) is 8.25. The number of aldehydes is 1. The minimum atomic E-state index is 0.240. The average molecular weight is 548 g/mol. The number of carbonyl (C=O) groups excluding carboxylic acids is 2. The third kappa shape index (κ3) is 6.79. The normalized spacial score (nSPS) is 16.3. The molecule has 0 aliphatic carbocycles. The molecule has 3 aliphatic heterocycles. The summed E-state index contributed by atoms with van der Waals surface area (Å²) in [5.41, 5.74) is 7.63. The van der Waals surface area contributed by atoms with Crippen LogP contribution >= 0.6 is 0 Å². The molecule has 3 aliphatic rings. The summed E-state index contributed by atoms with van der Waals surface area (Å²) >= 11 is 0. The van der Waals surface area contributed by atoms with E-state index < -0.39 is 0 Å². The van der Waals surface area contributed by atoms with Gasteiger partial charge in [-0.15, -0.1) is 0 Å². The van der Waals surface area contributed by atoms with Gasteiger partial charge in [0.1, 0.15) is 11.5 Å². The smallest absolute Gasteiger partial charge is 0.182 e. The Morgan fingerprint density at radius 3 is 1.38 bits per heavy atom. The molecule has 40 heavy (non-hydrogen) atoms. The molecule has 0 unspecified atom stereocenters. The van der Waals surface area contributed by atoms with Crippen LogP contribution in [0.25, 0.3) is 6.08 Å². The number of allylic oxidation sites excluding steroid dienone is 1. The summed E-state index contributed by atoms with van der Waals surface area (Å²) in [5, 5.41) is 0. The van der Waals surface area contributed by atoms with Crippen molar-refractivity contribution in [1.82, 2.24) is 4.90 Å². The van der Waals surface area contributed by atoms with Crippen LogP contribution in [0.4, 0.5) is 0 Å². The van der Waals surface area contributed by atoms with Crippen molar-refractivity contribution in [2.75, 3.05) is 27.3 Å². The summed E-state index contributed by atoms with van der Waals surface area (Å²) in [4.78, 5) is 26.2. The molecule has 3 heterocycles. The lowest BCUT2D eigenvalue weighted by Gasteiger charge is -2.41. The van der Waals surface area contributed by atoms with Gasteiger partial charge in [0.25, 0.3) is 0 Å². The number of ether oxygens (including phenoxy) is 2. The number of fused-ring (bicyclic) bond motifs is 3. The quantitative estimate of drug-likeness (QED) is 0.246. The molecule has 3 fully saturated rings. The molecular formula is C35H49NO4. The minimum Gasteiger partial charge on any atom is -0.497 e. The van der Waals surface area contributed by atoms with Crippen LogP contribution in [-0.4, -0.2) is 44.3 Å². The fraction of sp³-hybridized carbons (Fsp3) is 0.543. The summed E-state index contributed by atoms with van der Waals surface area (Å²) in [5.74, 6) is 3.74. The Kier molecular flexibility index (Phi) is 10.6. The zero-order valence-electron chi connectivity index (χ0n) is 26.3. The van der Waals surface area contributed by atoms with Crippen molar-refractivity contribution >= 4 is 18.1 Å². The van der Waals surface area contributed by atoms with Crippen LogP contribution in [0.2, 0.25) is 0 Å². The van der Waals surface area contributed by atoms with E-state index in [0.717, 1.165) is 66.1 Å². The Morgan fingerprint density at radius 1 is 0.700 bits per heavy atom. The van der Waals surface area contributed by atoms with E-state index in [0.29, 0.717) is 29.5 Å². The Balaban J connectivity index is 0.000000241. The number of hydrogen-bond donors (Lipinski definition) is 0. The monoisotopic (exact) mass is 547 g/mol. The highest BCUT2D eigenvalue weighted by Crippen LogP contribution is 2.38. The number of methoxy groups -OCH3 is 2. The second-order valence-electron chi connectivity index (χ2n) is 12.3. The first-order chi connectivity index (χ1) is 18.9.